The number of hydrogen-bond acceptors (Lipinski definition) is 6. The summed E-state index contributed by atoms with van der Waals surface area (Å²) in [6.07, 6.45) is 6.35. The number of methoxy groups -OCH3 is 1. The third kappa shape index (κ3) is 4.45. The first-order valence-corrected chi connectivity index (χ1v) is 10.1. The Bertz CT molecular complexity index is 778. The molecule has 0 radical (unpaired) electrons. The first kappa shape index (κ1) is 20.6. The molecule has 1 aromatic carbocycles. The van der Waals surface area contributed by atoms with E-state index in [1.165, 1.54) is 5.70 Å². The maximum absolute atomic E-state index is 6.34. The van der Waals surface area contributed by atoms with Gasteiger partial charge in [0.25, 0.3) is 0 Å². The van der Waals surface area contributed by atoms with Gasteiger partial charge in [-0.1, -0.05) is 23.7 Å². The third-order valence-electron chi connectivity index (χ3n) is 4.97. The van der Waals surface area contributed by atoms with Gasteiger partial charge in [-0.3, -0.25) is 0 Å². The largest absolute Gasteiger partial charge is 0.490 e. The third-order valence-corrected chi connectivity index (χ3v) is 5.26. The molecule has 7 heteroatoms. The van der Waals surface area contributed by atoms with Gasteiger partial charge in [-0.2, -0.15) is 0 Å². The number of fused-ring (bicyclic) bond motifs is 1. The number of amidine groups is 1. The van der Waals surface area contributed by atoms with E-state index in [9.17, 15) is 0 Å². The van der Waals surface area contributed by atoms with Crippen molar-refractivity contribution in [3.63, 3.8) is 0 Å². The van der Waals surface area contributed by atoms with Gasteiger partial charge in [0.15, 0.2) is 5.84 Å². The van der Waals surface area contributed by atoms with Gasteiger partial charge in [0.1, 0.15) is 18.5 Å². The minimum Gasteiger partial charge on any atom is -0.490 e. The highest BCUT2D eigenvalue weighted by Crippen LogP contribution is 2.28. The Labute approximate surface area is 172 Å². The van der Waals surface area contributed by atoms with E-state index in [-0.39, 0.29) is 6.17 Å². The van der Waals surface area contributed by atoms with Crippen LogP contribution < -0.4 is 4.74 Å². The number of nitrogens with zero attached hydrogens (tertiary/aromatic N) is 4. The molecule has 1 atom stereocenters. The molecule has 0 aromatic heterocycles. The van der Waals surface area contributed by atoms with Crippen molar-refractivity contribution in [1.82, 2.24) is 14.7 Å². The fourth-order valence-electron chi connectivity index (χ4n) is 3.25. The Kier molecular flexibility index (Phi) is 6.86. The summed E-state index contributed by atoms with van der Waals surface area (Å²) < 4.78 is 10.6. The van der Waals surface area contributed by atoms with Crippen molar-refractivity contribution in [3.05, 3.63) is 46.8 Å². The molecule has 0 spiro atoms. The van der Waals surface area contributed by atoms with E-state index in [0.717, 1.165) is 31.2 Å². The second kappa shape index (κ2) is 9.34. The molecule has 6 nitrogen and oxygen atoms in total. The molecule has 0 aliphatic carbocycles. The van der Waals surface area contributed by atoms with E-state index < -0.39 is 0 Å². The second-order valence-electron chi connectivity index (χ2n) is 6.78. The number of halogens is 1. The summed E-state index contributed by atoms with van der Waals surface area (Å²) in [4.78, 5) is 11.8. The highest BCUT2D eigenvalue weighted by Gasteiger charge is 2.33. The molecule has 3 rings (SSSR count). The number of aliphatic imine (C=N–C) groups is 1. The van der Waals surface area contributed by atoms with Gasteiger partial charge in [0.2, 0.25) is 0 Å². The predicted octanol–water partition coefficient (Wildman–Crippen LogP) is 3.50. The van der Waals surface area contributed by atoms with Gasteiger partial charge in [0.05, 0.1) is 24.0 Å². The molecular weight excluding hydrogens is 376 g/mol. The minimum atomic E-state index is -0.0245. The molecule has 1 unspecified atom stereocenters. The molecule has 2 heterocycles. The maximum Gasteiger partial charge on any atom is 0.152 e. The zero-order chi connectivity index (χ0) is 20.1. The lowest BCUT2D eigenvalue weighted by molar-refractivity contribution is 0.146. The summed E-state index contributed by atoms with van der Waals surface area (Å²) in [6.45, 7) is 8.17. The van der Waals surface area contributed by atoms with Crippen molar-refractivity contribution >= 4 is 23.5 Å². The monoisotopic (exact) mass is 404 g/mol. The molecule has 0 N–H and O–H groups in total. The van der Waals surface area contributed by atoms with Crippen LogP contribution in [-0.4, -0.2) is 73.8 Å². The van der Waals surface area contributed by atoms with Crippen molar-refractivity contribution in [2.24, 2.45) is 4.99 Å². The van der Waals surface area contributed by atoms with Crippen LogP contribution in [0.25, 0.3) is 6.08 Å². The Balaban J connectivity index is 1.72. The van der Waals surface area contributed by atoms with Crippen molar-refractivity contribution in [1.29, 1.82) is 0 Å². The van der Waals surface area contributed by atoms with Gasteiger partial charge in [-0.05, 0) is 37.6 Å². The number of ether oxygens (including phenoxy) is 2. The maximum atomic E-state index is 6.34. The van der Waals surface area contributed by atoms with Gasteiger partial charge in [-0.25, -0.2) is 4.99 Å². The molecule has 0 bridgehead atoms. The molecule has 28 heavy (non-hydrogen) atoms. The fourth-order valence-corrected chi connectivity index (χ4v) is 3.50. The first-order chi connectivity index (χ1) is 13.6. The van der Waals surface area contributed by atoms with Crippen LogP contribution in [0.5, 0.6) is 5.75 Å². The quantitative estimate of drug-likeness (QED) is 0.620. The molecular formula is C21H29ClN4O2. The summed E-state index contributed by atoms with van der Waals surface area (Å²) in [6, 6.07) is 5.80. The van der Waals surface area contributed by atoms with Crippen LogP contribution >= 0.6 is 11.6 Å². The van der Waals surface area contributed by atoms with Gasteiger partial charge >= 0.3 is 0 Å². The Morgan fingerprint density at radius 2 is 2.07 bits per heavy atom. The number of likely N-dealkylation sites (N-methyl/N-ethyl adjacent to an activating group) is 2. The summed E-state index contributed by atoms with van der Waals surface area (Å²) >= 11 is 6.34. The van der Waals surface area contributed by atoms with Crippen molar-refractivity contribution in [2.45, 2.75) is 20.0 Å². The molecule has 0 amide bonds. The Hall–Kier alpha value is -2.18. The predicted molar refractivity (Wildman–Crippen MR) is 115 cm³/mol. The zero-order valence-electron chi connectivity index (χ0n) is 17.1. The van der Waals surface area contributed by atoms with Crippen LogP contribution in [0.4, 0.5) is 0 Å². The number of rotatable bonds is 8. The molecule has 2 aliphatic heterocycles. The lowest BCUT2D eigenvalue weighted by Crippen LogP contribution is -2.45. The van der Waals surface area contributed by atoms with Gasteiger partial charge in [0, 0.05) is 33.4 Å². The topological polar surface area (TPSA) is 40.5 Å². The summed E-state index contributed by atoms with van der Waals surface area (Å²) in [5, 5.41) is 0.594. The summed E-state index contributed by atoms with van der Waals surface area (Å²) in [5.74, 6) is 1.74. The normalized spacial score (nSPS) is 19.2. The molecule has 0 fully saturated rings. The van der Waals surface area contributed by atoms with E-state index >= 15 is 0 Å². The van der Waals surface area contributed by atoms with Crippen molar-refractivity contribution < 1.29 is 9.47 Å². The van der Waals surface area contributed by atoms with Crippen LogP contribution in [-0.2, 0) is 4.74 Å². The summed E-state index contributed by atoms with van der Waals surface area (Å²) in [7, 11) is 3.73. The van der Waals surface area contributed by atoms with Crippen molar-refractivity contribution in [3.8, 4) is 5.75 Å². The van der Waals surface area contributed by atoms with E-state index in [0.29, 0.717) is 24.0 Å². The molecule has 2 aliphatic rings. The molecule has 0 saturated heterocycles. The highest BCUT2D eigenvalue weighted by atomic mass is 35.5. The van der Waals surface area contributed by atoms with E-state index in [4.69, 9.17) is 26.1 Å². The second-order valence-corrected chi connectivity index (χ2v) is 7.19. The highest BCUT2D eigenvalue weighted by molar-refractivity contribution is 6.32. The van der Waals surface area contributed by atoms with Crippen LogP contribution in [0.3, 0.4) is 0 Å². The zero-order valence-corrected chi connectivity index (χ0v) is 17.8. The SMILES string of the molecule is CCN1C=C2C(=NC(/C=C/c3ccc(OCCOC)c(Cl)c3)N2C)N(CC)C1. The smallest absolute Gasteiger partial charge is 0.152 e. The van der Waals surface area contributed by atoms with E-state index in [1.54, 1.807) is 7.11 Å². The van der Waals surface area contributed by atoms with Gasteiger partial charge < -0.3 is 24.2 Å². The fraction of sp³-hybridized carbons (Fsp3) is 0.476. The van der Waals surface area contributed by atoms with Crippen LogP contribution in [0.2, 0.25) is 5.02 Å². The summed E-state index contributed by atoms with van der Waals surface area (Å²) in [5.41, 5.74) is 2.19. The van der Waals surface area contributed by atoms with Gasteiger partial charge in [-0.15, -0.1) is 0 Å². The average molecular weight is 405 g/mol. The minimum absolute atomic E-state index is 0.0245. The Morgan fingerprint density at radius 1 is 1.25 bits per heavy atom. The lowest BCUT2D eigenvalue weighted by atomic mass is 10.2. The Morgan fingerprint density at radius 3 is 2.75 bits per heavy atom. The first-order valence-electron chi connectivity index (χ1n) is 9.68. The number of benzene rings is 1. The van der Waals surface area contributed by atoms with E-state index in [1.807, 2.05) is 18.2 Å². The lowest BCUT2D eigenvalue weighted by Gasteiger charge is -2.36. The molecule has 1 aromatic rings. The van der Waals surface area contributed by atoms with Crippen LogP contribution in [0.15, 0.2) is 41.2 Å². The standard InChI is InChI=1S/C21H29ClN4O2/c1-5-25-14-18-21(26(6-2)15-25)23-20(24(18)3)10-8-16-7-9-19(17(22)13-16)28-12-11-27-4/h7-10,13-14,20H,5-6,11-12,15H2,1-4H3/b10-8+. The molecule has 152 valence electrons. The average Bonchev–Trinajstić information content (AvgIpc) is 3.03. The van der Waals surface area contributed by atoms with Crippen molar-refractivity contribution in [2.75, 3.05) is 47.1 Å². The van der Waals surface area contributed by atoms with E-state index in [2.05, 4.69) is 53.9 Å². The molecule has 0 saturated carbocycles. The number of hydrogen-bond donors (Lipinski definition) is 0. The van der Waals surface area contributed by atoms with Crippen LogP contribution in [0.1, 0.15) is 19.4 Å². The van der Waals surface area contributed by atoms with Crippen LogP contribution in [0, 0.1) is 0 Å².